The Morgan fingerprint density at radius 1 is 1.00 bits per heavy atom. The molecular weight excluding hydrogens is 340 g/mol. The maximum absolute atomic E-state index is 12.8. The summed E-state index contributed by atoms with van der Waals surface area (Å²) in [6.45, 7) is 0. The predicted octanol–water partition coefficient (Wildman–Crippen LogP) is 4.53. The van der Waals surface area contributed by atoms with Crippen LogP contribution in [0.5, 0.6) is 0 Å². The quantitative estimate of drug-likeness (QED) is 0.512. The van der Waals surface area contributed by atoms with Gasteiger partial charge in [-0.25, -0.2) is 4.98 Å². The minimum Gasteiger partial charge on any atom is -0.271 e. The van der Waals surface area contributed by atoms with Crippen LogP contribution in [0.2, 0.25) is 0 Å². The third kappa shape index (κ3) is 3.23. The van der Waals surface area contributed by atoms with Crippen LogP contribution in [-0.2, 0) is 0 Å². The van der Waals surface area contributed by atoms with Gasteiger partial charge in [-0.05, 0) is 33.1 Å². The molecule has 0 aliphatic carbocycles. The summed E-state index contributed by atoms with van der Waals surface area (Å²) in [5, 5.41) is 0. The molecule has 1 heterocycles. The van der Waals surface area contributed by atoms with Gasteiger partial charge in [0.1, 0.15) is 10.9 Å². The van der Waals surface area contributed by atoms with Gasteiger partial charge in [0.25, 0.3) is 5.91 Å². The topological polar surface area (TPSA) is 34.9 Å². The highest BCUT2D eigenvalue weighted by atomic mass is 79.9. The maximum atomic E-state index is 12.8. The van der Waals surface area contributed by atoms with Crippen molar-refractivity contribution in [2.75, 3.05) is 0 Å². The van der Waals surface area contributed by atoms with Gasteiger partial charge in [-0.2, -0.15) is 0 Å². The number of aromatic nitrogens is 2. The van der Waals surface area contributed by atoms with Gasteiger partial charge < -0.3 is 0 Å². The van der Waals surface area contributed by atoms with Gasteiger partial charge in [-0.1, -0.05) is 60.7 Å². The van der Waals surface area contributed by atoms with Crippen molar-refractivity contribution in [1.82, 2.24) is 9.55 Å². The van der Waals surface area contributed by atoms with Crippen LogP contribution < -0.4 is 0 Å². The summed E-state index contributed by atoms with van der Waals surface area (Å²) in [6, 6.07) is 19.4. The zero-order valence-electron chi connectivity index (χ0n) is 11.7. The molecule has 0 unspecified atom stereocenters. The van der Waals surface area contributed by atoms with Gasteiger partial charge >= 0.3 is 0 Å². The van der Waals surface area contributed by atoms with Crippen molar-refractivity contribution in [2.45, 2.75) is 0 Å². The number of nitrogens with zero attached hydrogens (tertiary/aromatic N) is 2. The average molecular weight is 353 g/mol. The molecule has 0 aliphatic heterocycles. The molecule has 0 saturated heterocycles. The molecule has 2 aromatic carbocycles. The fourth-order valence-electron chi connectivity index (χ4n) is 2.15. The number of halogens is 1. The minimum atomic E-state index is -0.117. The van der Waals surface area contributed by atoms with Crippen LogP contribution in [0.25, 0.3) is 11.6 Å². The van der Waals surface area contributed by atoms with Crippen LogP contribution in [0, 0.1) is 0 Å². The maximum Gasteiger partial charge on any atom is 0.263 e. The lowest BCUT2D eigenvalue weighted by molar-refractivity contribution is 0.0980. The lowest BCUT2D eigenvalue weighted by atomic mass is 10.0. The van der Waals surface area contributed by atoms with E-state index in [-0.39, 0.29) is 5.91 Å². The van der Waals surface area contributed by atoms with Crippen LogP contribution in [0.3, 0.4) is 0 Å². The van der Waals surface area contributed by atoms with Gasteiger partial charge in [0.05, 0.1) is 0 Å². The number of benzene rings is 2. The molecule has 3 nitrogen and oxygen atoms in total. The van der Waals surface area contributed by atoms with Crippen LogP contribution >= 0.6 is 15.9 Å². The third-order valence-electron chi connectivity index (χ3n) is 3.21. The zero-order chi connectivity index (χ0) is 15.4. The monoisotopic (exact) mass is 352 g/mol. The van der Waals surface area contributed by atoms with E-state index in [1.807, 2.05) is 66.7 Å². The highest BCUT2D eigenvalue weighted by molar-refractivity contribution is 9.10. The first-order chi connectivity index (χ1) is 10.7. The fourth-order valence-corrected chi connectivity index (χ4v) is 2.46. The summed E-state index contributed by atoms with van der Waals surface area (Å²) in [5.74, 6) is -0.117. The molecular formula is C18H13BrN2O. The zero-order valence-corrected chi connectivity index (χ0v) is 13.3. The Kier molecular flexibility index (Phi) is 4.30. The highest BCUT2D eigenvalue weighted by Crippen LogP contribution is 2.21. The summed E-state index contributed by atoms with van der Waals surface area (Å²) in [6.07, 6.45) is 5.06. The summed E-state index contributed by atoms with van der Waals surface area (Å²) in [4.78, 5) is 16.8. The van der Waals surface area contributed by atoms with Crippen LogP contribution in [0.1, 0.15) is 15.9 Å². The van der Waals surface area contributed by atoms with Crippen molar-refractivity contribution in [3.8, 4) is 0 Å². The van der Waals surface area contributed by atoms with Gasteiger partial charge in [0.15, 0.2) is 0 Å². The van der Waals surface area contributed by atoms with Crippen molar-refractivity contribution in [2.24, 2.45) is 0 Å². The largest absolute Gasteiger partial charge is 0.271 e. The lowest BCUT2D eigenvalue weighted by Crippen LogP contribution is -2.10. The van der Waals surface area contributed by atoms with E-state index >= 15 is 0 Å². The van der Waals surface area contributed by atoms with Gasteiger partial charge in [0.2, 0.25) is 0 Å². The van der Waals surface area contributed by atoms with E-state index in [0.29, 0.717) is 10.2 Å². The minimum absolute atomic E-state index is 0.117. The normalized spacial score (nSPS) is 11.4. The molecule has 0 saturated carbocycles. The molecule has 3 aromatic rings. The van der Waals surface area contributed by atoms with Gasteiger partial charge in [-0.3, -0.25) is 9.36 Å². The Balaban J connectivity index is 2.08. The SMILES string of the molecule is O=C(/C(=C/c1ccccc1)c1ccccc1)n1cnc(Br)c1. The Bertz CT molecular complexity index is 807. The Hall–Kier alpha value is -2.46. The van der Waals surface area contributed by atoms with Crippen LogP contribution in [-0.4, -0.2) is 15.5 Å². The van der Waals surface area contributed by atoms with Gasteiger partial charge in [0, 0.05) is 11.8 Å². The lowest BCUT2D eigenvalue weighted by Gasteiger charge is -2.08. The summed E-state index contributed by atoms with van der Waals surface area (Å²) in [5.41, 5.74) is 2.48. The first kappa shape index (κ1) is 14.5. The molecule has 0 N–H and O–H groups in total. The molecule has 0 fully saturated rings. The summed E-state index contributed by atoms with van der Waals surface area (Å²) in [7, 11) is 0. The average Bonchev–Trinajstić information content (AvgIpc) is 3.00. The first-order valence-electron chi connectivity index (χ1n) is 6.80. The van der Waals surface area contributed by atoms with E-state index in [9.17, 15) is 4.79 Å². The number of imidazole rings is 1. The second-order valence-electron chi connectivity index (χ2n) is 4.74. The van der Waals surface area contributed by atoms with E-state index in [4.69, 9.17) is 0 Å². The fraction of sp³-hybridized carbons (Fsp3) is 0. The number of carbonyl (C=O) groups excluding carboxylic acids is 1. The van der Waals surface area contributed by atoms with E-state index in [2.05, 4.69) is 20.9 Å². The van der Waals surface area contributed by atoms with E-state index in [0.717, 1.165) is 11.1 Å². The van der Waals surface area contributed by atoms with Crippen LogP contribution in [0.4, 0.5) is 0 Å². The Labute approximate surface area is 137 Å². The van der Waals surface area contributed by atoms with E-state index in [1.54, 1.807) is 6.20 Å². The molecule has 0 radical (unpaired) electrons. The predicted molar refractivity (Wildman–Crippen MR) is 91.3 cm³/mol. The second kappa shape index (κ2) is 6.54. The van der Waals surface area contributed by atoms with Crippen molar-refractivity contribution in [3.05, 3.63) is 88.9 Å². The number of hydrogen-bond acceptors (Lipinski definition) is 2. The number of hydrogen-bond donors (Lipinski definition) is 0. The summed E-state index contributed by atoms with van der Waals surface area (Å²) < 4.78 is 2.11. The molecule has 22 heavy (non-hydrogen) atoms. The standard InChI is InChI=1S/C18H13BrN2O/c19-17-12-21(13-20-17)18(22)16(15-9-5-2-6-10-15)11-14-7-3-1-4-8-14/h1-13H/b16-11+. The molecule has 4 heteroatoms. The first-order valence-corrected chi connectivity index (χ1v) is 7.60. The number of allylic oxidation sites excluding steroid dienone is 1. The van der Waals surface area contributed by atoms with Gasteiger partial charge in [-0.15, -0.1) is 0 Å². The molecule has 0 aliphatic rings. The number of carbonyl (C=O) groups is 1. The molecule has 0 spiro atoms. The van der Waals surface area contributed by atoms with Crippen molar-refractivity contribution in [3.63, 3.8) is 0 Å². The highest BCUT2D eigenvalue weighted by Gasteiger charge is 2.14. The molecule has 1 aromatic heterocycles. The molecule has 0 amide bonds. The molecule has 0 atom stereocenters. The molecule has 3 rings (SSSR count). The Morgan fingerprint density at radius 3 is 2.23 bits per heavy atom. The summed E-state index contributed by atoms with van der Waals surface area (Å²) >= 11 is 3.27. The van der Waals surface area contributed by atoms with E-state index < -0.39 is 0 Å². The number of rotatable bonds is 3. The molecule has 0 bridgehead atoms. The third-order valence-corrected chi connectivity index (χ3v) is 3.62. The Morgan fingerprint density at radius 2 is 1.64 bits per heavy atom. The van der Waals surface area contributed by atoms with Crippen LogP contribution in [0.15, 0.2) is 77.8 Å². The van der Waals surface area contributed by atoms with Crippen molar-refractivity contribution in [1.29, 1.82) is 0 Å². The smallest absolute Gasteiger partial charge is 0.263 e. The van der Waals surface area contributed by atoms with E-state index in [1.165, 1.54) is 10.9 Å². The van der Waals surface area contributed by atoms with Crippen molar-refractivity contribution < 1.29 is 4.79 Å². The second-order valence-corrected chi connectivity index (χ2v) is 5.56. The molecule has 108 valence electrons. The van der Waals surface area contributed by atoms with Crippen molar-refractivity contribution >= 4 is 33.5 Å².